The Morgan fingerprint density at radius 3 is 2.38 bits per heavy atom. The second-order valence-corrected chi connectivity index (χ2v) is 5.66. The van der Waals surface area contributed by atoms with Gasteiger partial charge in [-0.3, -0.25) is 0 Å². The van der Waals surface area contributed by atoms with Crippen molar-refractivity contribution in [3.05, 3.63) is 40.6 Å². The van der Waals surface area contributed by atoms with Gasteiger partial charge >= 0.3 is 0 Å². The summed E-state index contributed by atoms with van der Waals surface area (Å²) >= 11 is 5.28. The molecule has 0 saturated carbocycles. The fraction of sp³-hybridized carbons (Fsp3) is 0.235. The second-order valence-electron chi connectivity index (χ2n) is 5.27. The molecule has 1 N–H and O–H groups in total. The van der Waals surface area contributed by atoms with Gasteiger partial charge in [-0.15, -0.1) is 0 Å². The SMILES string of the molecule is COc1cc(-c2n[nH]c(=S)n2/N=C\c2ccc(C)o2)cc(OC)c1OC. The molecular formula is C17H18N4O4S. The summed E-state index contributed by atoms with van der Waals surface area (Å²) in [5, 5.41) is 11.4. The fourth-order valence-corrected chi connectivity index (χ4v) is 2.61. The maximum atomic E-state index is 5.49. The van der Waals surface area contributed by atoms with E-state index in [1.807, 2.05) is 19.1 Å². The summed E-state index contributed by atoms with van der Waals surface area (Å²) in [7, 11) is 4.65. The summed E-state index contributed by atoms with van der Waals surface area (Å²) < 4.78 is 23.4. The van der Waals surface area contributed by atoms with E-state index in [-0.39, 0.29) is 0 Å². The van der Waals surface area contributed by atoms with E-state index in [2.05, 4.69) is 15.3 Å². The summed E-state index contributed by atoms with van der Waals surface area (Å²) in [6, 6.07) is 7.22. The molecule has 2 aromatic heterocycles. The van der Waals surface area contributed by atoms with E-state index in [0.29, 0.717) is 39.2 Å². The lowest BCUT2D eigenvalue weighted by atomic mass is 10.1. The molecule has 0 unspecified atom stereocenters. The zero-order valence-corrected chi connectivity index (χ0v) is 15.6. The largest absolute Gasteiger partial charge is 0.493 e. The number of hydrogen-bond acceptors (Lipinski definition) is 7. The molecule has 136 valence electrons. The Morgan fingerprint density at radius 2 is 1.85 bits per heavy atom. The molecule has 0 fully saturated rings. The molecule has 0 aliphatic carbocycles. The minimum Gasteiger partial charge on any atom is -0.493 e. The van der Waals surface area contributed by atoms with E-state index in [1.54, 1.807) is 39.7 Å². The van der Waals surface area contributed by atoms with Crippen molar-refractivity contribution in [1.82, 2.24) is 14.9 Å². The number of benzene rings is 1. The normalized spacial score (nSPS) is 11.1. The number of H-pyrrole nitrogens is 1. The van der Waals surface area contributed by atoms with Crippen molar-refractivity contribution in [2.75, 3.05) is 21.3 Å². The van der Waals surface area contributed by atoms with Gasteiger partial charge in [-0.25, -0.2) is 5.10 Å². The first-order valence-electron chi connectivity index (χ1n) is 7.66. The molecule has 0 aliphatic heterocycles. The van der Waals surface area contributed by atoms with Crippen LogP contribution in [0.15, 0.2) is 33.8 Å². The van der Waals surface area contributed by atoms with E-state index in [9.17, 15) is 0 Å². The Labute approximate surface area is 155 Å². The smallest absolute Gasteiger partial charge is 0.216 e. The maximum absolute atomic E-state index is 5.49. The zero-order valence-electron chi connectivity index (χ0n) is 14.8. The Balaban J connectivity index is 2.08. The van der Waals surface area contributed by atoms with Crippen molar-refractivity contribution in [2.24, 2.45) is 5.10 Å². The Bertz CT molecular complexity index is 977. The number of furan rings is 1. The maximum Gasteiger partial charge on any atom is 0.216 e. The highest BCUT2D eigenvalue weighted by atomic mass is 32.1. The van der Waals surface area contributed by atoms with E-state index >= 15 is 0 Å². The Kier molecular flexibility index (Phi) is 5.08. The van der Waals surface area contributed by atoms with Crippen molar-refractivity contribution in [3.63, 3.8) is 0 Å². The van der Waals surface area contributed by atoms with Crippen LogP contribution in [0.4, 0.5) is 0 Å². The van der Waals surface area contributed by atoms with Crippen LogP contribution in [0.3, 0.4) is 0 Å². The lowest BCUT2D eigenvalue weighted by Crippen LogP contribution is -1.98. The first-order valence-corrected chi connectivity index (χ1v) is 8.06. The minimum absolute atomic E-state index is 0.341. The quantitative estimate of drug-likeness (QED) is 0.525. The molecule has 9 heteroatoms. The van der Waals surface area contributed by atoms with Crippen molar-refractivity contribution < 1.29 is 18.6 Å². The summed E-state index contributed by atoms with van der Waals surface area (Å²) in [5.41, 5.74) is 0.694. The van der Waals surface area contributed by atoms with Gasteiger partial charge in [0.15, 0.2) is 17.3 Å². The lowest BCUT2D eigenvalue weighted by molar-refractivity contribution is 0.324. The van der Waals surface area contributed by atoms with E-state index < -0.39 is 0 Å². The molecule has 2 heterocycles. The van der Waals surface area contributed by atoms with Crippen LogP contribution in [-0.2, 0) is 0 Å². The van der Waals surface area contributed by atoms with Gasteiger partial charge in [-0.1, -0.05) is 0 Å². The van der Waals surface area contributed by atoms with Gasteiger partial charge in [0.05, 0.1) is 27.5 Å². The average Bonchev–Trinajstić information content (AvgIpc) is 3.23. The molecule has 0 spiro atoms. The number of methoxy groups -OCH3 is 3. The van der Waals surface area contributed by atoms with Crippen LogP contribution in [-0.4, -0.2) is 42.4 Å². The summed E-state index contributed by atoms with van der Waals surface area (Å²) in [6.45, 7) is 1.86. The molecule has 3 rings (SSSR count). The average molecular weight is 374 g/mol. The number of nitrogens with zero attached hydrogens (tertiary/aromatic N) is 3. The monoisotopic (exact) mass is 374 g/mol. The molecule has 0 atom stereocenters. The molecule has 3 aromatic rings. The lowest BCUT2D eigenvalue weighted by Gasteiger charge is -2.13. The topological polar surface area (TPSA) is 86.8 Å². The van der Waals surface area contributed by atoms with Crippen LogP contribution in [0.5, 0.6) is 17.2 Å². The summed E-state index contributed by atoms with van der Waals surface area (Å²) in [4.78, 5) is 0. The summed E-state index contributed by atoms with van der Waals surface area (Å²) in [5.74, 6) is 3.41. The molecule has 8 nitrogen and oxygen atoms in total. The highest BCUT2D eigenvalue weighted by Gasteiger charge is 2.17. The number of nitrogens with one attached hydrogen (secondary N) is 1. The standard InChI is InChI=1S/C17H18N4O4S/c1-10-5-6-12(25-10)9-18-21-16(19-20-17(21)26)11-7-13(22-2)15(24-4)14(8-11)23-3/h5-9H,1-4H3,(H,20,26)/b18-9-. The highest BCUT2D eigenvalue weighted by Crippen LogP contribution is 2.40. The van der Waals surface area contributed by atoms with Crippen LogP contribution >= 0.6 is 12.2 Å². The third-order valence-corrected chi connectivity index (χ3v) is 3.90. The highest BCUT2D eigenvalue weighted by molar-refractivity contribution is 7.71. The van der Waals surface area contributed by atoms with Gasteiger partial charge in [-0.05, 0) is 43.4 Å². The zero-order chi connectivity index (χ0) is 18.7. The van der Waals surface area contributed by atoms with Gasteiger partial charge in [0, 0.05) is 5.56 Å². The van der Waals surface area contributed by atoms with E-state index in [0.717, 1.165) is 5.76 Å². The number of aromatic nitrogens is 3. The van der Waals surface area contributed by atoms with E-state index in [4.69, 9.17) is 30.8 Å². The van der Waals surface area contributed by atoms with Crippen molar-refractivity contribution in [3.8, 4) is 28.6 Å². The number of hydrogen-bond donors (Lipinski definition) is 1. The fourth-order valence-electron chi connectivity index (χ4n) is 2.43. The van der Waals surface area contributed by atoms with Gasteiger partial charge in [0.1, 0.15) is 11.5 Å². The number of ether oxygens (including phenoxy) is 3. The van der Waals surface area contributed by atoms with Crippen molar-refractivity contribution in [1.29, 1.82) is 0 Å². The third-order valence-electron chi connectivity index (χ3n) is 3.63. The number of aromatic amines is 1. The van der Waals surface area contributed by atoms with Gasteiger partial charge in [0.2, 0.25) is 10.5 Å². The first kappa shape index (κ1) is 17.7. The Hall–Kier alpha value is -3.07. The molecule has 0 amide bonds. The second kappa shape index (κ2) is 7.44. The van der Waals surface area contributed by atoms with Crippen LogP contribution in [0.2, 0.25) is 0 Å². The summed E-state index contributed by atoms with van der Waals surface area (Å²) in [6.07, 6.45) is 1.57. The predicted molar refractivity (Wildman–Crippen MR) is 98.9 cm³/mol. The van der Waals surface area contributed by atoms with Crippen LogP contribution in [0.1, 0.15) is 11.5 Å². The number of aryl methyl sites for hydroxylation is 1. The van der Waals surface area contributed by atoms with E-state index in [1.165, 1.54) is 4.68 Å². The van der Waals surface area contributed by atoms with Crippen LogP contribution < -0.4 is 14.2 Å². The van der Waals surface area contributed by atoms with Gasteiger partial charge < -0.3 is 18.6 Å². The minimum atomic E-state index is 0.341. The molecular weight excluding hydrogens is 356 g/mol. The first-order chi connectivity index (χ1) is 12.6. The van der Waals surface area contributed by atoms with Gasteiger partial charge in [-0.2, -0.15) is 14.9 Å². The third kappa shape index (κ3) is 3.33. The van der Waals surface area contributed by atoms with Crippen molar-refractivity contribution >= 4 is 18.4 Å². The molecule has 0 aliphatic rings. The number of rotatable bonds is 6. The van der Waals surface area contributed by atoms with Crippen molar-refractivity contribution in [2.45, 2.75) is 6.92 Å². The van der Waals surface area contributed by atoms with Crippen LogP contribution in [0, 0.1) is 11.7 Å². The molecule has 0 saturated heterocycles. The molecule has 26 heavy (non-hydrogen) atoms. The predicted octanol–water partition coefficient (Wildman–Crippen LogP) is 3.42. The van der Waals surface area contributed by atoms with Crippen LogP contribution in [0.25, 0.3) is 11.4 Å². The molecule has 1 aromatic carbocycles. The molecule has 0 bridgehead atoms. The molecule has 0 radical (unpaired) electrons. The Morgan fingerprint density at radius 1 is 1.15 bits per heavy atom. The van der Waals surface area contributed by atoms with Gasteiger partial charge in [0.25, 0.3) is 0 Å².